The van der Waals surface area contributed by atoms with Crippen molar-refractivity contribution in [1.82, 2.24) is 9.97 Å². The molecule has 1 aromatic heterocycles. The summed E-state index contributed by atoms with van der Waals surface area (Å²) in [5.74, 6) is 1.30. The summed E-state index contributed by atoms with van der Waals surface area (Å²) in [5.41, 5.74) is 2.72. The monoisotopic (exact) mass is 380 g/mol. The number of aromatic nitrogens is 2. The quantitative estimate of drug-likeness (QED) is 0.740. The highest BCUT2D eigenvalue weighted by Crippen LogP contribution is 2.44. The van der Waals surface area contributed by atoms with E-state index in [0.717, 1.165) is 11.3 Å². The van der Waals surface area contributed by atoms with E-state index in [1.54, 1.807) is 6.07 Å². The van der Waals surface area contributed by atoms with Crippen LogP contribution in [0.25, 0.3) is 5.57 Å². The first-order valence-electron chi connectivity index (χ1n) is 7.26. The molecule has 0 aliphatic carbocycles. The molecule has 0 saturated heterocycles. The molecule has 0 spiro atoms. The molecule has 2 rings (SSSR count). The van der Waals surface area contributed by atoms with E-state index in [-0.39, 0.29) is 0 Å². The van der Waals surface area contributed by atoms with Crippen LogP contribution in [0.2, 0.25) is 10.0 Å². The van der Waals surface area contributed by atoms with Gasteiger partial charge >= 0.3 is 0 Å². The van der Waals surface area contributed by atoms with Crippen LogP contribution in [0.1, 0.15) is 18.3 Å². The van der Waals surface area contributed by atoms with Crippen molar-refractivity contribution in [3.63, 3.8) is 0 Å². The second kappa shape index (κ2) is 8.18. The van der Waals surface area contributed by atoms with Gasteiger partial charge in [0.1, 0.15) is 33.7 Å². The maximum absolute atomic E-state index is 6.38. The fourth-order valence-corrected chi connectivity index (χ4v) is 2.74. The average Bonchev–Trinajstić information content (AvgIpc) is 2.61. The molecule has 0 radical (unpaired) electrons. The Balaban J connectivity index is 2.56. The van der Waals surface area contributed by atoms with Crippen LogP contribution < -0.4 is 14.8 Å². The van der Waals surface area contributed by atoms with Gasteiger partial charge in [0.05, 0.1) is 25.6 Å². The second-order valence-corrected chi connectivity index (χ2v) is 5.84. The van der Waals surface area contributed by atoms with Crippen molar-refractivity contribution in [2.45, 2.75) is 13.8 Å². The lowest BCUT2D eigenvalue weighted by Crippen LogP contribution is -2.04. The van der Waals surface area contributed by atoms with E-state index in [4.69, 9.17) is 32.7 Å². The molecule has 0 unspecified atom stereocenters. The van der Waals surface area contributed by atoms with Gasteiger partial charge in [0.2, 0.25) is 0 Å². The average molecular weight is 381 g/mol. The van der Waals surface area contributed by atoms with Gasteiger partial charge in [-0.1, -0.05) is 23.2 Å². The number of benzene rings is 1. The maximum Gasteiger partial charge on any atom is 0.143 e. The van der Waals surface area contributed by atoms with Crippen molar-refractivity contribution in [2.24, 2.45) is 4.99 Å². The number of aliphatic imine (C=N–C) groups is 1. The van der Waals surface area contributed by atoms with Crippen molar-refractivity contribution >= 4 is 41.2 Å². The lowest BCUT2D eigenvalue weighted by molar-refractivity contribution is 0.395. The first-order valence-corrected chi connectivity index (χ1v) is 8.02. The first-order chi connectivity index (χ1) is 11.9. The fourth-order valence-electron chi connectivity index (χ4n) is 2.15. The van der Waals surface area contributed by atoms with E-state index in [9.17, 15) is 0 Å². The van der Waals surface area contributed by atoms with Crippen molar-refractivity contribution in [3.8, 4) is 11.5 Å². The summed E-state index contributed by atoms with van der Waals surface area (Å²) in [7, 11) is 3.02. The highest BCUT2D eigenvalue weighted by Gasteiger charge is 2.19. The third-order valence-corrected chi connectivity index (χ3v) is 4.27. The normalized spacial score (nSPS) is 11.6. The predicted molar refractivity (Wildman–Crippen MR) is 102 cm³/mol. The van der Waals surface area contributed by atoms with Crippen LogP contribution in [-0.2, 0) is 0 Å². The summed E-state index contributed by atoms with van der Waals surface area (Å²) in [6.07, 6.45) is 1.49. The Morgan fingerprint density at radius 1 is 1.12 bits per heavy atom. The zero-order valence-corrected chi connectivity index (χ0v) is 15.9. The number of nitrogens with zero attached hydrogens (tertiary/aromatic N) is 3. The van der Waals surface area contributed by atoms with Crippen LogP contribution in [0, 0.1) is 6.92 Å². The van der Waals surface area contributed by atoms with Crippen molar-refractivity contribution < 1.29 is 9.47 Å². The minimum atomic E-state index is 0.307. The number of rotatable bonds is 6. The molecule has 0 fully saturated rings. The van der Waals surface area contributed by atoms with Gasteiger partial charge in [0.15, 0.2) is 0 Å². The Kier molecular flexibility index (Phi) is 6.22. The minimum absolute atomic E-state index is 0.307. The summed E-state index contributed by atoms with van der Waals surface area (Å²) in [5, 5.41) is 3.71. The van der Waals surface area contributed by atoms with Gasteiger partial charge in [-0.05, 0) is 26.6 Å². The number of methoxy groups -OCH3 is 2. The lowest BCUT2D eigenvalue weighted by atomic mass is 10.2. The predicted octanol–water partition coefficient (Wildman–Crippen LogP) is 4.61. The molecule has 0 amide bonds. The van der Waals surface area contributed by atoms with E-state index in [2.05, 4.69) is 27.0 Å². The Morgan fingerprint density at radius 2 is 1.72 bits per heavy atom. The molecule has 0 saturated carbocycles. The number of aryl methyl sites for hydroxylation is 1. The molecule has 132 valence electrons. The molecular formula is C17H18Cl2N4O2. The number of ether oxygens (including phenoxy) is 2. The van der Waals surface area contributed by atoms with Crippen molar-refractivity contribution in [2.75, 3.05) is 19.5 Å². The van der Waals surface area contributed by atoms with Crippen LogP contribution in [0.3, 0.4) is 0 Å². The lowest BCUT2D eigenvalue weighted by Gasteiger charge is -2.17. The highest BCUT2D eigenvalue weighted by atomic mass is 35.5. The zero-order chi connectivity index (χ0) is 18.6. The molecule has 6 nitrogen and oxygen atoms in total. The van der Waals surface area contributed by atoms with Gasteiger partial charge in [-0.3, -0.25) is 0 Å². The topological polar surface area (TPSA) is 68.6 Å². The van der Waals surface area contributed by atoms with Gasteiger partial charge in [0.25, 0.3) is 0 Å². The van der Waals surface area contributed by atoms with Gasteiger partial charge in [-0.25, -0.2) is 15.0 Å². The third-order valence-electron chi connectivity index (χ3n) is 3.52. The zero-order valence-electron chi connectivity index (χ0n) is 14.4. The van der Waals surface area contributed by atoms with E-state index < -0.39 is 0 Å². The fraction of sp³-hybridized carbons (Fsp3) is 0.235. The first kappa shape index (κ1) is 19.0. The Morgan fingerprint density at radius 3 is 2.20 bits per heavy atom. The van der Waals surface area contributed by atoms with Crippen LogP contribution >= 0.6 is 23.2 Å². The van der Waals surface area contributed by atoms with Crippen LogP contribution in [0.4, 0.5) is 5.69 Å². The van der Waals surface area contributed by atoms with E-state index in [0.29, 0.717) is 38.7 Å². The third kappa shape index (κ3) is 4.03. The molecule has 1 aromatic carbocycles. The van der Waals surface area contributed by atoms with E-state index >= 15 is 0 Å². The summed E-state index contributed by atoms with van der Waals surface area (Å²) in [6, 6.07) is 3.46. The number of nitrogens with one attached hydrogen (secondary N) is 1. The van der Waals surface area contributed by atoms with Gasteiger partial charge in [0, 0.05) is 17.3 Å². The summed E-state index contributed by atoms with van der Waals surface area (Å²) in [4.78, 5) is 12.4. The number of anilines is 1. The Hall–Kier alpha value is -2.31. The Labute approximate surface area is 156 Å². The van der Waals surface area contributed by atoms with Crippen molar-refractivity contribution in [1.29, 1.82) is 0 Å². The molecule has 2 aromatic rings. The highest BCUT2D eigenvalue weighted by molar-refractivity contribution is 6.41. The minimum Gasteiger partial charge on any atom is -0.495 e. The summed E-state index contributed by atoms with van der Waals surface area (Å²) < 4.78 is 10.5. The maximum atomic E-state index is 6.38. The van der Waals surface area contributed by atoms with Crippen LogP contribution in [-0.4, -0.2) is 30.9 Å². The van der Waals surface area contributed by atoms with Crippen LogP contribution in [0.15, 0.2) is 29.3 Å². The summed E-state index contributed by atoms with van der Waals surface area (Å²) in [6.45, 7) is 7.35. The Bertz CT molecular complexity index is 809. The second-order valence-electron chi connectivity index (χ2n) is 5.09. The molecule has 0 atom stereocenters. The summed E-state index contributed by atoms with van der Waals surface area (Å²) >= 11 is 12.8. The molecule has 0 bridgehead atoms. The number of halogens is 2. The molecule has 1 N–H and O–H groups in total. The van der Waals surface area contributed by atoms with Gasteiger partial charge in [-0.15, -0.1) is 0 Å². The van der Waals surface area contributed by atoms with Gasteiger partial charge in [-0.2, -0.15) is 0 Å². The molecular weight excluding hydrogens is 363 g/mol. The molecule has 1 heterocycles. The number of hydrogen-bond donors (Lipinski definition) is 1. The molecule has 25 heavy (non-hydrogen) atoms. The van der Waals surface area contributed by atoms with Gasteiger partial charge < -0.3 is 14.8 Å². The standard InChI is InChI=1S/C17H18Cl2N4O2/c1-9-6-11(22-8-21-9)10(2)17(20-3)23-16-14(18)12(24-4)7-13(25-5)15(16)19/h6-8,23H,3H2,1-2,4-5H3/b17-10-. The van der Waals surface area contributed by atoms with E-state index in [1.165, 1.54) is 20.5 Å². The number of hydrogen-bond acceptors (Lipinski definition) is 6. The SMILES string of the molecule is C=N/C(Nc1c(Cl)c(OC)cc(OC)c1Cl)=C(\C)c1cc(C)ncn1. The van der Waals surface area contributed by atoms with Crippen LogP contribution in [0.5, 0.6) is 11.5 Å². The van der Waals surface area contributed by atoms with Crippen molar-refractivity contribution in [3.05, 3.63) is 45.7 Å². The molecule has 0 aliphatic rings. The largest absolute Gasteiger partial charge is 0.495 e. The molecule has 0 aliphatic heterocycles. The number of allylic oxidation sites excluding steroid dienone is 1. The van der Waals surface area contributed by atoms with E-state index in [1.807, 2.05) is 19.9 Å². The smallest absolute Gasteiger partial charge is 0.143 e. The molecule has 8 heteroatoms.